The molecule has 0 atom stereocenters. The summed E-state index contributed by atoms with van der Waals surface area (Å²) in [6.07, 6.45) is -4.78. The van der Waals surface area contributed by atoms with Crippen LogP contribution in [0.1, 0.15) is 5.56 Å². The largest absolute Gasteiger partial charge is 0.573 e. The van der Waals surface area contributed by atoms with Gasteiger partial charge in [0, 0.05) is 6.54 Å². The molecule has 0 unspecified atom stereocenters. The van der Waals surface area contributed by atoms with Gasteiger partial charge in [-0.3, -0.25) is 9.59 Å². The van der Waals surface area contributed by atoms with Gasteiger partial charge in [-0.15, -0.1) is 18.3 Å². The number of nitrogens with zero attached hydrogens (tertiary/aromatic N) is 3. The molecule has 28 heavy (non-hydrogen) atoms. The zero-order valence-electron chi connectivity index (χ0n) is 14.4. The highest BCUT2D eigenvalue weighted by atomic mass is 19.4. The van der Waals surface area contributed by atoms with E-state index in [1.807, 2.05) is 0 Å². The molecule has 0 saturated heterocycles. The minimum atomic E-state index is -4.76. The molecule has 1 amide bonds. The van der Waals surface area contributed by atoms with Crippen molar-refractivity contribution < 1.29 is 22.7 Å². The Morgan fingerprint density at radius 2 is 1.82 bits per heavy atom. The van der Waals surface area contributed by atoms with Crippen molar-refractivity contribution in [2.45, 2.75) is 19.3 Å². The summed E-state index contributed by atoms with van der Waals surface area (Å²) in [6, 6.07) is 11.8. The van der Waals surface area contributed by atoms with Gasteiger partial charge in [-0.1, -0.05) is 29.5 Å². The SMILES string of the molecule is O=C(Cc1ccc(OC(F)(F)F)cc1)NCCn1nnc2ccccc2c1=O. The fourth-order valence-corrected chi connectivity index (χ4v) is 2.53. The molecule has 146 valence electrons. The number of alkyl halides is 3. The van der Waals surface area contributed by atoms with Gasteiger partial charge in [0.25, 0.3) is 5.56 Å². The average molecular weight is 392 g/mol. The van der Waals surface area contributed by atoms with Gasteiger partial charge in [0.15, 0.2) is 0 Å². The summed E-state index contributed by atoms with van der Waals surface area (Å²) >= 11 is 0. The molecule has 7 nitrogen and oxygen atoms in total. The number of amides is 1. The zero-order chi connectivity index (χ0) is 20.1. The predicted molar refractivity (Wildman–Crippen MR) is 93.6 cm³/mol. The molecule has 0 aliphatic heterocycles. The van der Waals surface area contributed by atoms with Crippen LogP contribution < -0.4 is 15.6 Å². The highest BCUT2D eigenvalue weighted by Crippen LogP contribution is 2.22. The summed E-state index contributed by atoms with van der Waals surface area (Å²) in [5.74, 6) is -0.697. The Balaban J connectivity index is 1.52. The molecule has 3 rings (SSSR count). The number of hydrogen-bond acceptors (Lipinski definition) is 5. The molecule has 2 aromatic carbocycles. The first-order valence-corrected chi connectivity index (χ1v) is 8.26. The predicted octanol–water partition coefficient (Wildman–Crippen LogP) is 2.05. The Kier molecular flexibility index (Phi) is 5.57. The van der Waals surface area contributed by atoms with Crippen LogP contribution in [0, 0.1) is 0 Å². The number of fused-ring (bicyclic) bond motifs is 1. The number of benzene rings is 2. The Labute approximate surface area is 156 Å². The Morgan fingerprint density at radius 3 is 2.54 bits per heavy atom. The summed E-state index contributed by atoms with van der Waals surface area (Å²) in [5, 5.41) is 10.8. The van der Waals surface area contributed by atoms with E-state index in [9.17, 15) is 22.8 Å². The lowest BCUT2D eigenvalue weighted by molar-refractivity contribution is -0.274. The van der Waals surface area contributed by atoms with Crippen molar-refractivity contribution in [3.63, 3.8) is 0 Å². The molecule has 0 aliphatic rings. The molecule has 1 N–H and O–H groups in total. The van der Waals surface area contributed by atoms with Crippen LogP contribution in [-0.2, 0) is 17.8 Å². The molecular formula is C18H15F3N4O3. The number of halogens is 3. The van der Waals surface area contributed by atoms with E-state index < -0.39 is 6.36 Å². The van der Waals surface area contributed by atoms with Gasteiger partial charge < -0.3 is 10.1 Å². The summed E-state index contributed by atoms with van der Waals surface area (Å²) in [4.78, 5) is 24.2. The van der Waals surface area contributed by atoms with E-state index in [2.05, 4.69) is 20.4 Å². The van der Waals surface area contributed by atoms with Crippen molar-refractivity contribution in [2.75, 3.05) is 6.54 Å². The fourth-order valence-electron chi connectivity index (χ4n) is 2.53. The number of ether oxygens (including phenoxy) is 1. The van der Waals surface area contributed by atoms with Crippen molar-refractivity contribution in [2.24, 2.45) is 0 Å². The molecule has 0 saturated carbocycles. The van der Waals surface area contributed by atoms with E-state index in [1.165, 1.54) is 12.1 Å². The lowest BCUT2D eigenvalue weighted by atomic mass is 10.1. The summed E-state index contributed by atoms with van der Waals surface area (Å²) in [6.45, 7) is 0.293. The van der Waals surface area contributed by atoms with Crippen LogP contribution in [0.3, 0.4) is 0 Å². The van der Waals surface area contributed by atoms with E-state index in [4.69, 9.17) is 0 Å². The van der Waals surface area contributed by atoms with Gasteiger partial charge >= 0.3 is 6.36 Å². The first-order valence-electron chi connectivity index (χ1n) is 8.26. The van der Waals surface area contributed by atoms with E-state index in [-0.39, 0.29) is 36.7 Å². The van der Waals surface area contributed by atoms with Gasteiger partial charge in [-0.05, 0) is 29.8 Å². The molecule has 10 heteroatoms. The van der Waals surface area contributed by atoms with Crippen molar-refractivity contribution in [3.8, 4) is 5.75 Å². The van der Waals surface area contributed by atoms with Crippen LogP contribution >= 0.6 is 0 Å². The molecule has 0 radical (unpaired) electrons. The summed E-state index contributed by atoms with van der Waals surface area (Å²) in [5.41, 5.74) is 0.709. The molecule has 0 spiro atoms. The maximum Gasteiger partial charge on any atom is 0.573 e. The van der Waals surface area contributed by atoms with Crippen LogP contribution in [0.25, 0.3) is 10.9 Å². The van der Waals surface area contributed by atoms with Gasteiger partial charge in [-0.2, -0.15) is 0 Å². The highest BCUT2D eigenvalue weighted by molar-refractivity contribution is 5.78. The van der Waals surface area contributed by atoms with Crippen LogP contribution in [0.2, 0.25) is 0 Å². The minimum Gasteiger partial charge on any atom is -0.406 e. The van der Waals surface area contributed by atoms with Crippen LogP contribution in [0.15, 0.2) is 53.3 Å². The minimum absolute atomic E-state index is 0.0232. The van der Waals surface area contributed by atoms with E-state index in [0.29, 0.717) is 16.5 Å². The van der Waals surface area contributed by atoms with Gasteiger partial charge in [0.1, 0.15) is 11.3 Å². The number of nitrogens with one attached hydrogen (secondary N) is 1. The van der Waals surface area contributed by atoms with Crippen molar-refractivity contribution in [1.82, 2.24) is 20.3 Å². The van der Waals surface area contributed by atoms with Crippen LogP contribution in [0.5, 0.6) is 5.75 Å². The lowest BCUT2D eigenvalue weighted by Crippen LogP contribution is -2.33. The van der Waals surface area contributed by atoms with Gasteiger partial charge in [-0.25, -0.2) is 4.68 Å². The first-order chi connectivity index (χ1) is 13.3. The molecule has 0 fully saturated rings. The second-order valence-electron chi connectivity index (χ2n) is 5.85. The maximum absolute atomic E-state index is 12.3. The van der Waals surface area contributed by atoms with Crippen molar-refractivity contribution in [1.29, 1.82) is 0 Å². The second kappa shape index (κ2) is 8.07. The molecule has 1 aromatic heterocycles. The molecule has 0 bridgehead atoms. The number of aromatic nitrogens is 3. The monoisotopic (exact) mass is 392 g/mol. The Hall–Kier alpha value is -3.43. The summed E-state index contributed by atoms with van der Waals surface area (Å²) < 4.78 is 41.3. The van der Waals surface area contributed by atoms with Gasteiger partial charge in [0.2, 0.25) is 5.91 Å². The third-order valence-corrected chi connectivity index (χ3v) is 3.80. The Morgan fingerprint density at radius 1 is 1.11 bits per heavy atom. The number of hydrogen-bond donors (Lipinski definition) is 1. The maximum atomic E-state index is 12.3. The van der Waals surface area contributed by atoms with E-state index in [1.54, 1.807) is 24.3 Å². The zero-order valence-corrected chi connectivity index (χ0v) is 14.4. The van der Waals surface area contributed by atoms with E-state index >= 15 is 0 Å². The summed E-state index contributed by atoms with van der Waals surface area (Å²) in [7, 11) is 0. The van der Waals surface area contributed by atoms with Gasteiger partial charge in [0.05, 0.1) is 18.4 Å². The molecule has 3 aromatic rings. The van der Waals surface area contributed by atoms with Crippen LogP contribution in [0.4, 0.5) is 13.2 Å². The third kappa shape index (κ3) is 5.06. The smallest absolute Gasteiger partial charge is 0.406 e. The highest BCUT2D eigenvalue weighted by Gasteiger charge is 2.30. The fraction of sp³-hybridized carbons (Fsp3) is 0.222. The number of rotatable bonds is 6. The quantitative estimate of drug-likeness (QED) is 0.694. The normalized spacial score (nSPS) is 11.4. The van der Waals surface area contributed by atoms with Crippen molar-refractivity contribution in [3.05, 3.63) is 64.4 Å². The Bertz CT molecular complexity index is 1030. The second-order valence-corrected chi connectivity index (χ2v) is 5.85. The van der Waals surface area contributed by atoms with Crippen molar-refractivity contribution >= 4 is 16.8 Å². The van der Waals surface area contributed by atoms with E-state index in [0.717, 1.165) is 16.8 Å². The standard InChI is InChI=1S/C18H15F3N4O3/c19-18(20,21)28-13-7-5-12(6-8-13)11-16(26)22-9-10-25-17(27)14-3-1-2-4-15(14)23-24-25/h1-8H,9-11H2,(H,22,26). The average Bonchev–Trinajstić information content (AvgIpc) is 2.64. The molecule has 1 heterocycles. The van der Waals surface area contributed by atoms with Crippen LogP contribution in [-0.4, -0.2) is 33.8 Å². The molecular weight excluding hydrogens is 377 g/mol. The lowest BCUT2D eigenvalue weighted by Gasteiger charge is -2.09. The number of carbonyl (C=O) groups is 1. The topological polar surface area (TPSA) is 86.1 Å². The molecule has 0 aliphatic carbocycles. The third-order valence-electron chi connectivity index (χ3n) is 3.80. The number of carbonyl (C=O) groups excluding carboxylic acids is 1. The first kappa shape index (κ1) is 19.3.